The molecule has 11 heteroatoms. The normalized spacial score (nSPS) is 14.7. The summed E-state index contributed by atoms with van der Waals surface area (Å²) in [6.07, 6.45) is 6.01. The minimum atomic E-state index is -0.0897. The summed E-state index contributed by atoms with van der Waals surface area (Å²) < 4.78 is 6.86. The Hall–Kier alpha value is -3.60. The van der Waals surface area contributed by atoms with Crippen molar-refractivity contribution < 1.29 is 9.32 Å². The monoisotopic (exact) mass is 422 g/mol. The molecule has 5 heterocycles. The van der Waals surface area contributed by atoms with Gasteiger partial charge in [-0.1, -0.05) is 11.2 Å². The smallest absolute Gasteiger partial charge is 0.231 e. The molecular weight excluding hydrogens is 404 g/mol. The van der Waals surface area contributed by atoms with Gasteiger partial charge in [0.15, 0.2) is 5.82 Å². The van der Waals surface area contributed by atoms with Gasteiger partial charge in [-0.2, -0.15) is 5.10 Å². The quantitative estimate of drug-likeness (QED) is 0.522. The molecule has 1 N–H and O–H groups in total. The number of carbonyl (C=O) groups is 1. The van der Waals surface area contributed by atoms with E-state index in [-0.39, 0.29) is 11.8 Å². The molecule has 0 aliphatic carbocycles. The van der Waals surface area contributed by atoms with E-state index in [0.717, 1.165) is 42.3 Å². The number of rotatable bonds is 5. The second-order valence-corrected chi connectivity index (χ2v) is 7.83. The van der Waals surface area contributed by atoms with Crippen LogP contribution in [0.2, 0.25) is 0 Å². The number of nitrogens with zero attached hydrogens (tertiary/aromatic N) is 7. The van der Waals surface area contributed by atoms with E-state index < -0.39 is 0 Å². The van der Waals surface area contributed by atoms with Crippen molar-refractivity contribution in [3.63, 3.8) is 0 Å². The van der Waals surface area contributed by atoms with Crippen LogP contribution in [-0.2, 0) is 4.79 Å². The molecule has 0 atom stereocenters. The van der Waals surface area contributed by atoms with Crippen molar-refractivity contribution >= 4 is 28.9 Å². The second kappa shape index (κ2) is 8.03. The number of aromatic nitrogens is 6. The second-order valence-electron chi connectivity index (χ2n) is 6.88. The molecule has 0 radical (unpaired) electrons. The zero-order chi connectivity index (χ0) is 20.3. The third kappa shape index (κ3) is 3.79. The van der Waals surface area contributed by atoms with Crippen LogP contribution in [0.3, 0.4) is 0 Å². The Labute approximate surface area is 175 Å². The highest BCUT2D eigenvalue weighted by molar-refractivity contribution is 7.13. The van der Waals surface area contributed by atoms with Crippen molar-refractivity contribution in [2.24, 2.45) is 5.92 Å². The average molecular weight is 422 g/mol. The summed E-state index contributed by atoms with van der Waals surface area (Å²) in [5, 5.41) is 12.9. The van der Waals surface area contributed by atoms with E-state index >= 15 is 0 Å². The Morgan fingerprint density at radius 3 is 2.80 bits per heavy atom. The maximum atomic E-state index is 12.7. The lowest BCUT2D eigenvalue weighted by molar-refractivity contribution is -0.120. The van der Waals surface area contributed by atoms with E-state index in [1.165, 1.54) is 12.7 Å². The number of hydrogen-bond acceptors (Lipinski definition) is 9. The van der Waals surface area contributed by atoms with Crippen molar-refractivity contribution in [1.29, 1.82) is 0 Å². The van der Waals surface area contributed by atoms with Crippen LogP contribution in [0.4, 0.5) is 11.7 Å². The SMILES string of the molecule is O=C(Nc1cc(-c2cccs2)no1)C1CCN(c2cc(-n3cncn3)ncn2)CC1. The molecule has 0 bridgehead atoms. The van der Waals surface area contributed by atoms with Gasteiger partial charge < -0.3 is 9.42 Å². The highest BCUT2D eigenvalue weighted by Crippen LogP contribution is 2.27. The molecule has 1 amide bonds. The molecule has 5 rings (SSSR count). The lowest BCUT2D eigenvalue weighted by Crippen LogP contribution is -2.38. The van der Waals surface area contributed by atoms with Crippen molar-refractivity contribution in [2.75, 3.05) is 23.3 Å². The highest BCUT2D eigenvalue weighted by Gasteiger charge is 2.26. The summed E-state index contributed by atoms with van der Waals surface area (Å²) >= 11 is 1.57. The molecule has 0 saturated carbocycles. The minimum absolute atomic E-state index is 0.0467. The minimum Gasteiger partial charge on any atom is -0.356 e. The molecule has 1 saturated heterocycles. The zero-order valence-corrected chi connectivity index (χ0v) is 16.7. The molecule has 10 nitrogen and oxygen atoms in total. The van der Waals surface area contributed by atoms with Gasteiger partial charge in [0, 0.05) is 31.1 Å². The van der Waals surface area contributed by atoms with Gasteiger partial charge in [0.05, 0.1) is 4.88 Å². The Kier molecular flexibility index (Phi) is 4.93. The third-order valence-electron chi connectivity index (χ3n) is 5.01. The summed E-state index contributed by atoms with van der Waals surface area (Å²) in [4.78, 5) is 28.3. The van der Waals surface area contributed by atoms with Gasteiger partial charge in [0.1, 0.15) is 30.5 Å². The largest absolute Gasteiger partial charge is 0.356 e. The predicted octanol–water partition coefficient (Wildman–Crippen LogP) is 2.63. The van der Waals surface area contributed by atoms with Crippen molar-refractivity contribution in [2.45, 2.75) is 12.8 Å². The topological polar surface area (TPSA) is 115 Å². The van der Waals surface area contributed by atoms with Crippen molar-refractivity contribution in [3.05, 3.63) is 48.6 Å². The fourth-order valence-corrected chi connectivity index (χ4v) is 4.11. The van der Waals surface area contributed by atoms with Crippen LogP contribution in [-0.4, -0.2) is 48.9 Å². The van der Waals surface area contributed by atoms with Crippen LogP contribution in [0.15, 0.2) is 53.2 Å². The molecule has 0 spiro atoms. The molecule has 0 aromatic carbocycles. The molecule has 0 unspecified atom stereocenters. The van der Waals surface area contributed by atoms with Crippen LogP contribution in [0.5, 0.6) is 0 Å². The predicted molar refractivity (Wildman–Crippen MR) is 110 cm³/mol. The average Bonchev–Trinajstić information content (AvgIpc) is 3.56. The van der Waals surface area contributed by atoms with Gasteiger partial charge in [-0.15, -0.1) is 11.3 Å². The highest BCUT2D eigenvalue weighted by atomic mass is 32.1. The first kappa shape index (κ1) is 18.4. The van der Waals surface area contributed by atoms with Crippen molar-refractivity contribution in [3.8, 4) is 16.4 Å². The van der Waals surface area contributed by atoms with E-state index in [2.05, 4.69) is 35.4 Å². The summed E-state index contributed by atoms with van der Waals surface area (Å²) in [5.41, 5.74) is 0.724. The molecule has 4 aromatic rings. The van der Waals surface area contributed by atoms with E-state index in [1.54, 1.807) is 28.4 Å². The van der Waals surface area contributed by atoms with Crippen LogP contribution in [0.1, 0.15) is 12.8 Å². The number of piperidine rings is 1. The van der Waals surface area contributed by atoms with Gasteiger partial charge in [-0.05, 0) is 24.3 Å². The van der Waals surface area contributed by atoms with Crippen LogP contribution in [0, 0.1) is 5.92 Å². The Morgan fingerprint density at radius 2 is 2.03 bits per heavy atom. The van der Waals surface area contributed by atoms with Gasteiger partial charge >= 0.3 is 0 Å². The first-order valence-corrected chi connectivity index (χ1v) is 10.4. The number of anilines is 2. The number of carbonyl (C=O) groups excluding carboxylic acids is 1. The molecular formula is C19H18N8O2S. The third-order valence-corrected chi connectivity index (χ3v) is 5.90. The Morgan fingerprint density at radius 1 is 1.17 bits per heavy atom. The lowest BCUT2D eigenvalue weighted by atomic mass is 9.96. The van der Waals surface area contributed by atoms with E-state index in [0.29, 0.717) is 11.7 Å². The first-order valence-electron chi connectivity index (χ1n) is 9.50. The molecule has 1 aliphatic rings. The van der Waals surface area contributed by atoms with E-state index in [9.17, 15) is 4.79 Å². The molecule has 4 aromatic heterocycles. The first-order chi connectivity index (χ1) is 14.8. The number of hydrogen-bond donors (Lipinski definition) is 1. The van der Waals surface area contributed by atoms with Crippen LogP contribution < -0.4 is 10.2 Å². The van der Waals surface area contributed by atoms with Gasteiger partial charge in [0.25, 0.3) is 0 Å². The maximum Gasteiger partial charge on any atom is 0.231 e. The standard InChI is InChI=1S/C19H18N8O2S/c28-19(24-18-8-14(25-29-18)15-2-1-7-30-15)13-3-5-26(6-4-13)16-9-17(22-11-21-16)27-12-20-10-23-27/h1-2,7-13H,3-6H2,(H,24,28). The van der Waals surface area contributed by atoms with Gasteiger partial charge in [0.2, 0.25) is 11.8 Å². The maximum absolute atomic E-state index is 12.7. The summed E-state index contributed by atoms with van der Waals surface area (Å²) in [6, 6.07) is 7.54. The molecule has 152 valence electrons. The van der Waals surface area contributed by atoms with Gasteiger partial charge in [-0.25, -0.2) is 19.6 Å². The number of thiophene rings is 1. The molecule has 30 heavy (non-hydrogen) atoms. The Balaban J connectivity index is 1.19. The zero-order valence-electron chi connectivity index (χ0n) is 15.9. The molecule has 1 fully saturated rings. The summed E-state index contributed by atoms with van der Waals surface area (Å²) in [7, 11) is 0. The fraction of sp³-hybridized carbons (Fsp3) is 0.263. The summed E-state index contributed by atoms with van der Waals surface area (Å²) in [5.74, 6) is 1.70. The molecule has 1 aliphatic heterocycles. The van der Waals surface area contributed by atoms with E-state index in [1.807, 2.05) is 23.6 Å². The van der Waals surface area contributed by atoms with Gasteiger partial charge in [-0.3, -0.25) is 10.1 Å². The Bertz CT molecular complexity index is 1120. The number of nitrogens with one attached hydrogen (secondary N) is 1. The fourth-order valence-electron chi connectivity index (χ4n) is 3.43. The van der Waals surface area contributed by atoms with E-state index in [4.69, 9.17) is 4.52 Å². The van der Waals surface area contributed by atoms with Crippen LogP contribution >= 0.6 is 11.3 Å². The number of amides is 1. The summed E-state index contributed by atoms with van der Waals surface area (Å²) in [6.45, 7) is 1.45. The van der Waals surface area contributed by atoms with Crippen molar-refractivity contribution in [1.82, 2.24) is 29.9 Å². The lowest BCUT2D eigenvalue weighted by Gasteiger charge is -2.31. The van der Waals surface area contributed by atoms with Crippen LogP contribution in [0.25, 0.3) is 16.4 Å².